The minimum absolute atomic E-state index is 0.0610. The lowest BCUT2D eigenvalue weighted by atomic mass is 10.3. The average Bonchev–Trinajstić information content (AvgIpc) is 2.66. The lowest BCUT2D eigenvalue weighted by molar-refractivity contribution is 0.609. The molecule has 4 nitrogen and oxygen atoms in total. The van der Waals surface area contributed by atoms with Crippen molar-refractivity contribution in [2.24, 2.45) is 0 Å². The summed E-state index contributed by atoms with van der Waals surface area (Å²) in [4.78, 5) is -0.0610. The molecule has 0 unspecified atom stereocenters. The van der Waals surface area contributed by atoms with Crippen LogP contribution in [0, 0.1) is 0 Å². The summed E-state index contributed by atoms with van der Waals surface area (Å²) in [6.45, 7) is 0. The summed E-state index contributed by atoms with van der Waals surface area (Å²) in [7, 11) is 1.43. The maximum absolute atomic E-state index is 11.0. The standard InChI is InChI=1S/C9H6Cl2N2O2S/c10-8-3-1-2-4-9(8)13-6-7(5-12-13)16(11,14)15/h1-6H. The highest BCUT2D eigenvalue weighted by Crippen LogP contribution is 2.21. The highest BCUT2D eigenvalue weighted by atomic mass is 35.7. The topological polar surface area (TPSA) is 52.0 Å². The van der Waals surface area contributed by atoms with E-state index >= 15 is 0 Å². The van der Waals surface area contributed by atoms with Crippen molar-refractivity contribution in [1.82, 2.24) is 9.78 Å². The van der Waals surface area contributed by atoms with Crippen molar-refractivity contribution in [2.45, 2.75) is 4.90 Å². The van der Waals surface area contributed by atoms with Gasteiger partial charge in [0, 0.05) is 10.7 Å². The minimum atomic E-state index is -3.76. The predicted molar refractivity (Wildman–Crippen MR) is 61.6 cm³/mol. The van der Waals surface area contributed by atoms with Gasteiger partial charge in [0.25, 0.3) is 9.05 Å². The van der Waals surface area contributed by atoms with Gasteiger partial charge in [-0.3, -0.25) is 0 Å². The van der Waals surface area contributed by atoms with Crippen molar-refractivity contribution < 1.29 is 8.42 Å². The molecule has 0 saturated carbocycles. The van der Waals surface area contributed by atoms with Gasteiger partial charge in [0.2, 0.25) is 0 Å². The smallest absolute Gasteiger partial charge is 0.238 e. The zero-order valence-corrected chi connectivity index (χ0v) is 10.2. The third kappa shape index (κ3) is 2.21. The summed E-state index contributed by atoms with van der Waals surface area (Å²) < 4.78 is 23.4. The summed E-state index contributed by atoms with van der Waals surface area (Å²) >= 11 is 5.94. The second-order valence-corrected chi connectivity index (χ2v) is 5.98. The van der Waals surface area contributed by atoms with Gasteiger partial charge in [0.1, 0.15) is 4.90 Å². The molecule has 84 valence electrons. The molecule has 0 spiro atoms. The highest BCUT2D eigenvalue weighted by Gasteiger charge is 2.13. The number of hydrogen-bond donors (Lipinski definition) is 0. The maximum atomic E-state index is 11.0. The Kier molecular flexibility index (Phi) is 2.92. The van der Waals surface area contributed by atoms with E-state index in [0.717, 1.165) is 0 Å². The van der Waals surface area contributed by atoms with Crippen LogP contribution >= 0.6 is 22.3 Å². The molecule has 0 saturated heterocycles. The molecule has 0 fully saturated rings. The van der Waals surface area contributed by atoms with Crippen molar-refractivity contribution >= 4 is 31.3 Å². The monoisotopic (exact) mass is 276 g/mol. The Balaban J connectivity index is 2.52. The van der Waals surface area contributed by atoms with E-state index in [1.54, 1.807) is 24.3 Å². The SMILES string of the molecule is O=S(=O)(Cl)c1cnn(-c2ccccc2Cl)c1. The van der Waals surface area contributed by atoms with Crippen molar-refractivity contribution in [3.63, 3.8) is 0 Å². The van der Waals surface area contributed by atoms with E-state index in [1.807, 2.05) is 0 Å². The van der Waals surface area contributed by atoms with E-state index in [1.165, 1.54) is 17.1 Å². The van der Waals surface area contributed by atoms with Gasteiger partial charge < -0.3 is 0 Å². The molecular formula is C9H6Cl2N2O2S. The zero-order chi connectivity index (χ0) is 11.8. The Labute approximate surface area is 102 Å². The molecule has 1 aromatic carbocycles. The second kappa shape index (κ2) is 4.08. The first-order valence-corrected chi connectivity index (χ1v) is 6.91. The van der Waals surface area contributed by atoms with Gasteiger partial charge in [-0.25, -0.2) is 13.1 Å². The van der Waals surface area contributed by atoms with E-state index in [4.69, 9.17) is 22.3 Å². The van der Waals surface area contributed by atoms with Crippen LogP contribution in [0.2, 0.25) is 5.02 Å². The molecule has 2 rings (SSSR count). The molecule has 0 aliphatic heterocycles. The summed E-state index contributed by atoms with van der Waals surface area (Å²) in [5.41, 5.74) is 0.593. The molecule has 16 heavy (non-hydrogen) atoms. The lowest BCUT2D eigenvalue weighted by Gasteiger charge is -2.02. The third-order valence-corrected chi connectivity index (χ3v) is 3.57. The van der Waals surface area contributed by atoms with E-state index in [9.17, 15) is 8.42 Å². The fraction of sp³-hybridized carbons (Fsp3) is 0. The molecule has 1 heterocycles. The van der Waals surface area contributed by atoms with E-state index < -0.39 is 9.05 Å². The number of halogens is 2. The van der Waals surface area contributed by atoms with Crippen molar-refractivity contribution in [3.8, 4) is 5.69 Å². The first-order chi connectivity index (χ1) is 7.48. The highest BCUT2D eigenvalue weighted by molar-refractivity contribution is 8.13. The molecule has 0 radical (unpaired) electrons. The van der Waals surface area contributed by atoms with Gasteiger partial charge >= 0.3 is 0 Å². The van der Waals surface area contributed by atoms with Gasteiger partial charge in [0.15, 0.2) is 0 Å². The molecule has 1 aromatic heterocycles. The molecule has 0 bridgehead atoms. The Hall–Kier alpha value is -1.04. The van der Waals surface area contributed by atoms with E-state index in [-0.39, 0.29) is 4.90 Å². The fourth-order valence-electron chi connectivity index (χ4n) is 1.20. The second-order valence-electron chi connectivity index (χ2n) is 3.01. The number of benzene rings is 1. The third-order valence-electron chi connectivity index (χ3n) is 1.94. The number of para-hydroxylation sites is 1. The van der Waals surface area contributed by atoms with Crippen LogP contribution in [0.3, 0.4) is 0 Å². The molecule has 0 N–H and O–H groups in total. The van der Waals surface area contributed by atoms with Gasteiger partial charge in [-0.1, -0.05) is 23.7 Å². The number of hydrogen-bond acceptors (Lipinski definition) is 3. The van der Waals surface area contributed by atoms with Crippen molar-refractivity contribution in [2.75, 3.05) is 0 Å². The predicted octanol–water partition coefficient (Wildman–Crippen LogP) is 2.45. The van der Waals surface area contributed by atoms with Crippen LogP contribution in [0.4, 0.5) is 0 Å². The quantitative estimate of drug-likeness (QED) is 0.792. The normalized spacial score (nSPS) is 11.6. The number of nitrogens with zero attached hydrogens (tertiary/aromatic N) is 2. The van der Waals surface area contributed by atoms with Crippen LogP contribution in [0.1, 0.15) is 0 Å². The average molecular weight is 277 g/mol. The molecule has 0 aliphatic carbocycles. The van der Waals surface area contributed by atoms with Crippen LogP contribution < -0.4 is 0 Å². The Morgan fingerprint density at radius 2 is 1.94 bits per heavy atom. The Morgan fingerprint density at radius 1 is 1.25 bits per heavy atom. The van der Waals surface area contributed by atoms with Crippen molar-refractivity contribution in [1.29, 1.82) is 0 Å². The number of rotatable bonds is 2. The minimum Gasteiger partial charge on any atom is -0.238 e. The van der Waals surface area contributed by atoms with Crippen LogP contribution in [-0.2, 0) is 9.05 Å². The molecule has 0 aliphatic rings. The summed E-state index contributed by atoms with van der Waals surface area (Å²) in [6.07, 6.45) is 2.48. The van der Waals surface area contributed by atoms with Crippen LogP contribution in [0.5, 0.6) is 0 Å². The summed E-state index contributed by atoms with van der Waals surface area (Å²) in [6, 6.07) is 6.96. The molecule has 2 aromatic rings. The summed E-state index contributed by atoms with van der Waals surface area (Å²) in [5.74, 6) is 0. The van der Waals surface area contributed by atoms with E-state index in [0.29, 0.717) is 10.7 Å². The Bertz CT molecular complexity index is 622. The van der Waals surface area contributed by atoms with Crippen molar-refractivity contribution in [3.05, 3.63) is 41.7 Å². The van der Waals surface area contributed by atoms with Crippen LogP contribution in [-0.4, -0.2) is 18.2 Å². The zero-order valence-electron chi connectivity index (χ0n) is 7.84. The van der Waals surface area contributed by atoms with Crippen LogP contribution in [0.15, 0.2) is 41.6 Å². The maximum Gasteiger partial charge on any atom is 0.264 e. The van der Waals surface area contributed by atoms with Gasteiger partial charge in [-0.05, 0) is 12.1 Å². The first-order valence-electron chi connectivity index (χ1n) is 4.23. The molecule has 0 atom stereocenters. The molecular weight excluding hydrogens is 271 g/mol. The number of aromatic nitrogens is 2. The lowest BCUT2D eigenvalue weighted by Crippen LogP contribution is -1.94. The summed E-state index contributed by atoms with van der Waals surface area (Å²) in [5, 5.41) is 4.36. The fourth-order valence-corrected chi connectivity index (χ4v) is 2.06. The first kappa shape index (κ1) is 11.4. The molecule has 0 amide bonds. The van der Waals surface area contributed by atoms with E-state index in [2.05, 4.69) is 5.10 Å². The van der Waals surface area contributed by atoms with Crippen LogP contribution in [0.25, 0.3) is 5.69 Å². The molecule has 7 heteroatoms. The van der Waals surface area contributed by atoms with Gasteiger partial charge in [0.05, 0.1) is 23.1 Å². The van der Waals surface area contributed by atoms with Gasteiger partial charge in [-0.15, -0.1) is 0 Å². The largest absolute Gasteiger partial charge is 0.264 e. The van der Waals surface area contributed by atoms with Gasteiger partial charge in [-0.2, -0.15) is 5.10 Å². The Morgan fingerprint density at radius 3 is 2.50 bits per heavy atom.